The first kappa shape index (κ1) is 24.0. The summed E-state index contributed by atoms with van der Waals surface area (Å²) in [6, 6.07) is 10.3. The van der Waals surface area contributed by atoms with E-state index in [0.29, 0.717) is 4.88 Å². The largest absolute Gasteiger partial charge is 0.443 e. The quantitative estimate of drug-likeness (QED) is 0.609. The number of ether oxygens (including phenoxy) is 1. The van der Waals surface area contributed by atoms with Crippen LogP contribution in [-0.2, 0) is 4.74 Å². The van der Waals surface area contributed by atoms with Crippen molar-refractivity contribution >= 4 is 34.9 Å². The molecule has 1 aromatic carbocycles. The molecule has 0 fully saturated rings. The number of nitriles is 2. The average Bonchev–Trinajstić information content (AvgIpc) is 3.26. The fourth-order valence-corrected chi connectivity index (χ4v) is 4.35. The lowest BCUT2D eigenvalue weighted by atomic mass is 9.81. The average molecular weight is 485 g/mol. The Morgan fingerprint density at radius 3 is 2.39 bits per heavy atom. The van der Waals surface area contributed by atoms with Gasteiger partial charge in [-0.3, -0.25) is 15.4 Å². The van der Waals surface area contributed by atoms with Gasteiger partial charge in [-0.15, -0.1) is 11.3 Å². The Morgan fingerprint density at radius 1 is 1.15 bits per heavy atom. The predicted molar refractivity (Wildman–Crippen MR) is 120 cm³/mol. The fraction of sp³-hybridized carbons (Fsp3) is 0.217. The van der Waals surface area contributed by atoms with Crippen LogP contribution in [0.15, 0.2) is 58.5 Å². The second-order valence-electron chi connectivity index (χ2n) is 8.01. The first-order valence-electron chi connectivity index (χ1n) is 9.65. The van der Waals surface area contributed by atoms with Gasteiger partial charge in [-0.05, 0) is 23.6 Å². The number of thiophene rings is 1. The molecule has 168 valence electrons. The molecule has 0 spiro atoms. The van der Waals surface area contributed by atoms with Gasteiger partial charge in [0.2, 0.25) is 5.88 Å². The predicted octanol–water partition coefficient (Wildman–Crippen LogP) is 5.35. The maximum atomic E-state index is 14.0. The molecule has 1 aliphatic heterocycles. The van der Waals surface area contributed by atoms with Crippen molar-refractivity contribution in [1.82, 2.24) is 10.6 Å². The summed E-state index contributed by atoms with van der Waals surface area (Å²) < 4.78 is 19.8. The topological polar surface area (TPSA) is 115 Å². The highest BCUT2D eigenvalue weighted by atomic mass is 35.5. The molecule has 2 heterocycles. The summed E-state index contributed by atoms with van der Waals surface area (Å²) in [5.41, 5.74) is -0.886. The first-order valence-corrected chi connectivity index (χ1v) is 10.9. The number of carbonyl (C=O) groups excluding carboxylic acids is 2. The molecule has 2 N–H and O–H groups in total. The van der Waals surface area contributed by atoms with Crippen LogP contribution >= 0.6 is 22.9 Å². The van der Waals surface area contributed by atoms with E-state index in [1.807, 2.05) is 37.5 Å². The van der Waals surface area contributed by atoms with E-state index in [1.54, 1.807) is 12.1 Å². The van der Waals surface area contributed by atoms with Crippen molar-refractivity contribution in [2.45, 2.75) is 26.7 Å². The molecule has 2 aromatic rings. The van der Waals surface area contributed by atoms with Crippen molar-refractivity contribution < 1.29 is 18.7 Å². The van der Waals surface area contributed by atoms with E-state index < -0.39 is 34.7 Å². The van der Waals surface area contributed by atoms with Gasteiger partial charge in [0, 0.05) is 10.3 Å². The molecular weight excluding hydrogens is 467 g/mol. The zero-order chi connectivity index (χ0) is 24.3. The highest BCUT2D eigenvalue weighted by molar-refractivity contribution is 7.10. The summed E-state index contributed by atoms with van der Waals surface area (Å²) in [6.45, 7) is 5.47. The van der Waals surface area contributed by atoms with Gasteiger partial charge in [0.15, 0.2) is 0 Å². The Balaban J connectivity index is 1.97. The molecule has 10 heteroatoms. The number of nitrogens with one attached hydrogen (secondary N) is 2. The maximum absolute atomic E-state index is 14.0. The van der Waals surface area contributed by atoms with Crippen LogP contribution in [0.1, 0.15) is 41.9 Å². The number of hydrogen-bond donors (Lipinski definition) is 2. The lowest BCUT2D eigenvalue weighted by molar-refractivity contribution is 0.0958. The van der Waals surface area contributed by atoms with Gasteiger partial charge >= 0.3 is 6.03 Å². The van der Waals surface area contributed by atoms with E-state index in [4.69, 9.17) is 16.3 Å². The van der Waals surface area contributed by atoms with E-state index in [2.05, 4.69) is 11.4 Å². The molecule has 1 aliphatic rings. The molecule has 7 nitrogen and oxygen atoms in total. The zero-order valence-corrected chi connectivity index (χ0v) is 19.4. The normalized spacial score (nSPS) is 15.9. The zero-order valence-electron chi connectivity index (χ0n) is 17.8. The van der Waals surface area contributed by atoms with Crippen LogP contribution in [0.4, 0.5) is 9.18 Å². The summed E-state index contributed by atoms with van der Waals surface area (Å²) >= 11 is 7.23. The highest BCUT2D eigenvalue weighted by Crippen LogP contribution is 2.45. The third-order valence-corrected chi connectivity index (χ3v) is 5.92. The molecule has 0 aliphatic carbocycles. The Labute approximate surface area is 198 Å². The summed E-state index contributed by atoms with van der Waals surface area (Å²) in [5, 5.41) is 25.7. The summed E-state index contributed by atoms with van der Waals surface area (Å²) in [5.74, 6) is -2.65. The van der Waals surface area contributed by atoms with E-state index in [-0.39, 0.29) is 27.8 Å². The maximum Gasteiger partial charge on any atom is 0.328 e. The van der Waals surface area contributed by atoms with Crippen LogP contribution in [0.25, 0.3) is 0 Å². The number of benzene rings is 1. The Bertz CT molecular complexity index is 1240. The van der Waals surface area contributed by atoms with Gasteiger partial charge in [0.25, 0.3) is 5.91 Å². The van der Waals surface area contributed by atoms with Crippen LogP contribution in [0.2, 0.25) is 5.02 Å². The van der Waals surface area contributed by atoms with Gasteiger partial charge < -0.3 is 4.74 Å². The molecule has 33 heavy (non-hydrogen) atoms. The summed E-state index contributed by atoms with van der Waals surface area (Å²) in [6.07, 6.45) is 0. The SMILES string of the molecule is CC(C)(C)C1=C(C#N)[C@@H](c2cccs2)C(C#N)=C(NC(=O)NC(=O)c2c(F)cccc2Cl)O1. The van der Waals surface area contributed by atoms with Gasteiger partial charge in [-0.25, -0.2) is 9.18 Å². The number of rotatable bonds is 3. The molecule has 1 atom stereocenters. The third kappa shape index (κ3) is 4.90. The summed E-state index contributed by atoms with van der Waals surface area (Å²) in [7, 11) is 0. The molecule has 0 saturated heterocycles. The van der Waals surface area contributed by atoms with Gasteiger partial charge in [-0.1, -0.05) is 44.5 Å². The monoisotopic (exact) mass is 484 g/mol. The number of imide groups is 1. The lowest BCUT2D eigenvalue weighted by Crippen LogP contribution is -2.41. The smallest absolute Gasteiger partial charge is 0.328 e. The van der Waals surface area contributed by atoms with E-state index in [0.717, 1.165) is 6.07 Å². The number of halogens is 2. The summed E-state index contributed by atoms with van der Waals surface area (Å²) in [4.78, 5) is 25.7. The van der Waals surface area contributed by atoms with Crippen molar-refractivity contribution in [3.8, 4) is 12.1 Å². The molecule has 0 unspecified atom stereocenters. The second-order valence-corrected chi connectivity index (χ2v) is 9.40. The number of amides is 3. The Morgan fingerprint density at radius 2 is 1.85 bits per heavy atom. The first-order chi connectivity index (χ1) is 15.6. The Hall–Kier alpha value is -3.66. The standard InChI is InChI=1S/C23H18ClFN4O3S/c1-23(2,3)19-12(10-26)17(16-8-5-9-33-16)13(11-27)21(32-19)29-22(31)28-20(30)18-14(24)6-4-7-15(18)25/h4-9,17H,1-3H3,(H2,28,29,30,31)/t17-/m1/s1. The molecular formula is C23H18ClFN4O3S. The van der Waals surface area contributed by atoms with Crippen molar-refractivity contribution in [3.63, 3.8) is 0 Å². The van der Waals surface area contributed by atoms with Gasteiger partial charge in [0.1, 0.15) is 23.2 Å². The molecule has 1 aromatic heterocycles. The fourth-order valence-electron chi connectivity index (χ4n) is 3.25. The van der Waals surface area contributed by atoms with Crippen LogP contribution in [0.5, 0.6) is 0 Å². The molecule has 3 amide bonds. The van der Waals surface area contributed by atoms with Crippen molar-refractivity contribution in [3.05, 3.63) is 79.8 Å². The van der Waals surface area contributed by atoms with Gasteiger partial charge in [-0.2, -0.15) is 10.5 Å². The highest BCUT2D eigenvalue weighted by Gasteiger charge is 2.39. The number of allylic oxidation sites excluding steroid dienone is 3. The number of hydrogen-bond acceptors (Lipinski definition) is 6. The van der Waals surface area contributed by atoms with Crippen LogP contribution in [0, 0.1) is 33.9 Å². The second kappa shape index (κ2) is 9.45. The minimum Gasteiger partial charge on any atom is -0.443 e. The van der Waals surface area contributed by atoms with Crippen LogP contribution in [0.3, 0.4) is 0 Å². The lowest BCUT2D eigenvalue weighted by Gasteiger charge is -2.32. The van der Waals surface area contributed by atoms with Crippen molar-refractivity contribution in [2.75, 3.05) is 0 Å². The molecule has 0 radical (unpaired) electrons. The van der Waals surface area contributed by atoms with E-state index in [1.165, 1.54) is 23.5 Å². The molecule has 0 saturated carbocycles. The molecule has 0 bridgehead atoms. The molecule has 3 rings (SSSR count). The minimum atomic E-state index is -1.07. The van der Waals surface area contributed by atoms with Gasteiger partial charge in [0.05, 0.1) is 28.1 Å². The minimum absolute atomic E-state index is 0.00600. The number of urea groups is 1. The van der Waals surface area contributed by atoms with Crippen LogP contribution < -0.4 is 10.6 Å². The van der Waals surface area contributed by atoms with Crippen LogP contribution in [-0.4, -0.2) is 11.9 Å². The van der Waals surface area contributed by atoms with E-state index in [9.17, 15) is 24.5 Å². The van der Waals surface area contributed by atoms with E-state index >= 15 is 0 Å². The van der Waals surface area contributed by atoms with Crippen molar-refractivity contribution in [2.24, 2.45) is 5.41 Å². The Kier molecular flexibility index (Phi) is 6.87. The third-order valence-electron chi connectivity index (χ3n) is 4.66. The number of carbonyl (C=O) groups is 2. The van der Waals surface area contributed by atoms with Crippen molar-refractivity contribution in [1.29, 1.82) is 10.5 Å². The number of nitrogens with zero attached hydrogens (tertiary/aromatic N) is 2.